The van der Waals surface area contributed by atoms with E-state index in [9.17, 15) is 0 Å². The minimum atomic E-state index is 1.20. The Bertz CT molecular complexity index is 74.6. The molecular formula is C8H17N. The van der Waals surface area contributed by atoms with Gasteiger partial charge in [-0.25, -0.2) is 0 Å². The van der Waals surface area contributed by atoms with Crippen molar-refractivity contribution in [2.45, 2.75) is 19.8 Å². The first-order valence-corrected chi connectivity index (χ1v) is 3.53. The molecule has 0 saturated carbocycles. The van der Waals surface area contributed by atoms with Crippen LogP contribution in [-0.2, 0) is 0 Å². The first kappa shape index (κ1) is 8.70. The second-order valence-corrected chi connectivity index (χ2v) is 2.51. The Hall–Kier alpha value is -0.300. The predicted octanol–water partition coefficient (Wildman–Crippen LogP) is 1.90. The molecule has 0 radical (unpaired) electrons. The Labute approximate surface area is 58.4 Å². The van der Waals surface area contributed by atoms with Crippen LogP contribution in [0, 0.1) is 0 Å². The number of allylic oxidation sites excluding steroid dienone is 2. The molecule has 0 rings (SSSR count). The molecule has 0 amide bonds. The van der Waals surface area contributed by atoms with Crippen molar-refractivity contribution < 1.29 is 0 Å². The van der Waals surface area contributed by atoms with Crippen molar-refractivity contribution in [3.8, 4) is 0 Å². The highest BCUT2D eigenvalue weighted by Gasteiger charge is 1.85. The standard InChI is InChI=1S/C8H17N/c1-4-5-6-7-8-9(2)3/h4-5H,6-8H2,1-3H3/b5-4-. The molecule has 0 N–H and O–H groups in total. The number of unbranched alkanes of at least 4 members (excludes halogenated alkanes) is 1. The Morgan fingerprint density at radius 2 is 2.00 bits per heavy atom. The van der Waals surface area contributed by atoms with Gasteiger partial charge in [0.25, 0.3) is 0 Å². The molecule has 0 aliphatic rings. The number of hydrogen-bond donors (Lipinski definition) is 0. The molecule has 1 nitrogen and oxygen atoms in total. The maximum absolute atomic E-state index is 2.21. The van der Waals surface area contributed by atoms with Gasteiger partial charge in [0, 0.05) is 0 Å². The van der Waals surface area contributed by atoms with Gasteiger partial charge >= 0.3 is 0 Å². The summed E-state index contributed by atoms with van der Waals surface area (Å²) in [5.74, 6) is 0. The van der Waals surface area contributed by atoms with Crippen molar-refractivity contribution in [3.05, 3.63) is 12.2 Å². The largest absolute Gasteiger partial charge is 0.309 e. The summed E-state index contributed by atoms with van der Waals surface area (Å²) in [6.45, 7) is 3.26. The van der Waals surface area contributed by atoms with E-state index in [1.165, 1.54) is 19.4 Å². The molecule has 9 heavy (non-hydrogen) atoms. The highest BCUT2D eigenvalue weighted by atomic mass is 15.0. The fourth-order valence-electron chi connectivity index (χ4n) is 0.692. The van der Waals surface area contributed by atoms with Crippen molar-refractivity contribution >= 4 is 0 Å². The smallest absolute Gasteiger partial charge is 0.00219 e. The van der Waals surface area contributed by atoms with Gasteiger partial charge in [-0.1, -0.05) is 12.2 Å². The number of hydrogen-bond acceptors (Lipinski definition) is 1. The van der Waals surface area contributed by atoms with E-state index in [4.69, 9.17) is 0 Å². The Balaban J connectivity index is 2.91. The highest BCUT2D eigenvalue weighted by Crippen LogP contribution is 1.91. The van der Waals surface area contributed by atoms with Gasteiger partial charge in [0.15, 0.2) is 0 Å². The van der Waals surface area contributed by atoms with Gasteiger partial charge in [0.1, 0.15) is 0 Å². The third kappa shape index (κ3) is 7.70. The van der Waals surface area contributed by atoms with Crippen LogP contribution in [0.1, 0.15) is 19.8 Å². The molecule has 0 aliphatic heterocycles. The Kier molecular flexibility index (Phi) is 5.64. The second-order valence-electron chi connectivity index (χ2n) is 2.51. The topological polar surface area (TPSA) is 3.24 Å². The molecule has 0 atom stereocenters. The van der Waals surface area contributed by atoms with Crippen LogP contribution in [-0.4, -0.2) is 25.5 Å². The van der Waals surface area contributed by atoms with Crippen LogP contribution in [0.25, 0.3) is 0 Å². The lowest BCUT2D eigenvalue weighted by Crippen LogP contribution is -2.12. The quantitative estimate of drug-likeness (QED) is 0.412. The van der Waals surface area contributed by atoms with E-state index >= 15 is 0 Å². The van der Waals surface area contributed by atoms with Gasteiger partial charge in [0.2, 0.25) is 0 Å². The monoisotopic (exact) mass is 127 g/mol. The van der Waals surface area contributed by atoms with E-state index < -0.39 is 0 Å². The Morgan fingerprint density at radius 3 is 2.44 bits per heavy atom. The lowest BCUT2D eigenvalue weighted by molar-refractivity contribution is 0.402. The first-order valence-electron chi connectivity index (χ1n) is 3.53. The molecule has 1 heteroatoms. The van der Waals surface area contributed by atoms with Gasteiger partial charge in [-0.2, -0.15) is 0 Å². The molecule has 0 aromatic carbocycles. The molecule has 0 bridgehead atoms. The van der Waals surface area contributed by atoms with Gasteiger partial charge in [0.05, 0.1) is 0 Å². The summed E-state index contributed by atoms with van der Waals surface area (Å²) in [4.78, 5) is 2.21. The number of rotatable bonds is 4. The summed E-state index contributed by atoms with van der Waals surface area (Å²) in [6.07, 6.45) is 6.81. The second kappa shape index (κ2) is 5.83. The van der Waals surface area contributed by atoms with Gasteiger partial charge in [-0.05, 0) is 40.4 Å². The van der Waals surface area contributed by atoms with Crippen LogP contribution >= 0.6 is 0 Å². The molecule has 0 unspecified atom stereocenters. The van der Waals surface area contributed by atoms with E-state index in [0.29, 0.717) is 0 Å². The molecular weight excluding hydrogens is 110 g/mol. The van der Waals surface area contributed by atoms with E-state index in [-0.39, 0.29) is 0 Å². The molecule has 0 saturated heterocycles. The van der Waals surface area contributed by atoms with Gasteiger partial charge in [-0.15, -0.1) is 0 Å². The van der Waals surface area contributed by atoms with Crippen molar-refractivity contribution in [1.29, 1.82) is 0 Å². The summed E-state index contributed by atoms with van der Waals surface area (Å²) in [5.41, 5.74) is 0. The average Bonchev–Trinajstić information content (AvgIpc) is 1.80. The first-order chi connectivity index (χ1) is 4.27. The van der Waals surface area contributed by atoms with Crippen LogP contribution in [0.5, 0.6) is 0 Å². The van der Waals surface area contributed by atoms with Crippen molar-refractivity contribution in [1.82, 2.24) is 4.90 Å². The Morgan fingerprint density at radius 1 is 1.33 bits per heavy atom. The van der Waals surface area contributed by atoms with Crippen LogP contribution in [0.15, 0.2) is 12.2 Å². The minimum absolute atomic E-state index is 1.20. The van der Waals surface area contributed by atoms with E-state index in [0.717, 1.165) is 0 Å². The molecule has 0 fully saturated rings. The van der Waals surface area contributed by atoms with Crippen molar-refractivity contribution in [2.75, 3.05) is 20.6 Å². The minimum Gasteiger partial charge on any atom is -0.309 e. The molecule has 0 aromatic rings. The molecule has 54 valence electrons. The molecule has 0 spiro atoms. The zero-order chi connectivity index (χ0) is 7.11. The van der Waals surface area contributed by atoms with Crippen molar-refractivity contribution in [3.63, 3.8) is 0 Å². The van der Waals surface area contributed by atoms with Crippen LogP contribution in [0.4, 0.5) is 0 Å². The number of nitrogens with zero attached hydrogens (tertiary/aromatic N) is 1. The third-order valence-electron chi connectivity index (χ3n) is 1.21. The summed E-state index contributed by atoms with van der Waals surface area (Å²) in [5, 5.41) is 0. The van der Waals surface area contributed by atoms with E-state index in [1.807, 2.05) is 0 Å². The molecule has 0 heterocycles. The SMILES string of the molecule is C/C=C\CCCN(C)C. The normalized spacial score (nSPS) is 11.6. The third-order valence-corrected chi connectivity index (χ3v) is 1.21. The fraction of sp³-hybridized carbons (Fsp3) is 0.750. The van der Waals surface area contributed by atoms with Crippen molar-refractivity contribution in [2.24, 2.45) is 0 Å². The van der Waals surface area contributed by atoms with Crippen LogP contribution in [0.3, 0.4) is 0 Å². The lowest BCUT2D eigenvalue weighted by Gasteiger charge is -2.06. The predicted molar refractivity (Wildman–Crippen MR) is 42.6 cm³/mol. The van der Waals surface area contributed by atoms with Gasteiger partial charge in [-0.3, -0.25) is 0 Å². The summed E-state index contributed by atoms with van der Waals surface area (Å²) < 4.78 is 0. The average molecular weight is 127 g/mol. The summed E-state index contributed by atoms with van der Waals surface area (Å²) in [7, 11) is 4.21. The fourth-order valence-corrected chi connectivity index (χ4v) is 0.692. The maximum atomic E-state index is 2.21. The van der Waals surface area contributed by atoms with Gasteiger partial charge < -0.3 is 4.90 Å². The zero-order valence-corrected chi connectivity index (χ0v) is 6.72. The van der Waals surface area contributed by atoms with E-state index in [2.05, 4.69) is 38.1 Å². The lowest BCUT2D eigenvalue weighted by atomic mass is 10.3. The van der Waals surface area contributed by atoms with Crippen LogP contribution in [0.2, 0.25) is 0 Å². The highest BCUT2D eigenvalue weighted by molar-refractivity contribution is 4.76. The molecule has 0 aliphatic carbocycles. The van der Waals surface area contributed by atoms with E-state index in [1.54, 1.807) is 0 Å². The van der Waals surface area contributed by atoms with Crippen LogP contribution < -0.4 is 0 Å². The summed E-state index contributed by atoms with van der Waals surface area (Å²) >= 11 is 0. The summed E-state index contributed by atoms with van der Waals surface area (Å²) in [6, 6.07) is 0. The molecule has 0 aromatic heterocycles. The maximum Gasteiger partial charge on any atom is -0.00219 e. The zero-order valence-electron chi connectivity index (χ0n) is 6.72.